The highest BCUT2D eigenvalue weighted by Gasteiger charge is 2.04. The second-order valence-corrected chi connectivity index (χ2v) is 6.70. The molecule has 0 aliphatic carbocycles. The Morgan fingerprint density at radius 1 is 0.739 bits per heavy atom. The van der Waals surface area contributed by atoms with Gasteiger partial charge in [-0.1, -0.05) is 90.6 Å². The summed E-state index contributed by atoms with van der Waals surface area (Å²) in [5.74, 6) is -0.123. The summed E-state index contributed by atoms with van der Waals surface area (Å²) in [5.41, 5.74) is 0.779. The predicted molar refractivity (Wildman–Crippen MR) is 101 cm³/mol. The summed E-state index contributed by atoms with van der Waals surface area (Å²) in [6.07, 6.45) is 19.6. The van der Waals surface area contributed by atoms with E-state index in [9.17, 15) is 4.79 Å². The fraction of sp³-hybridized carbons (Fsp3) is 0.857. The van der Waals surface area contributed by atoms with Gasteiger partial charge in [0.2, 0.25) is 0 Å². The van der Waals surface area contributed by atoms with Crippen LogP contribution in [0.15, 0.2) is 11.6 Å². The molecule has 0 aromatic carbocycles. The Morgan fingerprint density at radius 2 is 1.22 bits per heavy atom. The molecule has 0 amide bonds. The first kappa shape index (κ1) is 22.2. The van der Waals surface area contributed by atoms with E-state index in [-0.39, 0.29) is 5.97 Å². The van der Waals surface area contributed by atoms with Crippen molar-refractivity contribution in [1.82, 2.24) is 0 Å². The van der Waals surface area contributed by atoms with E-state index in [4.69, 9.17) is 4.74 Å². The summed E-state index contributed by atoms with van der Waals surface area (Å²) in [6, 6.07) is 0. The van der Waals surface area contributed by atoms with Gasteiger partial charge in [0.25, 0.3) is 0 Å². The molecule has 0 aromatic rings. The molecule has 0 aromatic heterocycles. The number of esters is 1. The third-order valence-corrected chi connectivity index (χ3v) is 4.31. The Balaban J connectivity index is 3.48. The summed E-state index contributed by atoms with van der Waals surface area (Å²) in [7, 11) is 0. The largest absolute Gasteiger partial charge is 0.462 e. The van der Waals surface area contributed by atoms with Gasteiger partial charge in [0.1, 0.15) is 0 Å². The van der Waals surface area contributed by atoms with Gasteiger partial charge in [0.05, 0.1) is 6.61 Å². The molecule has 23 heavy (non-hydrogen) atoms. The van der Waals surface area contributed by atoms with Crippen LogP contribution in [0.25, 0.3) is 0 Å². The van der Waals surface area contributed by atoms with E-state index in [1.165, 1.54) is 77.0 Å². The lowest BCUT2D eigenvalue weighted by molar-refractivity contribution is -0.139. The minimum absolute atomic E-state index is 0.123. The zero-order valence-electron chi connectivity index (χ0n) is 16.0. The molecule has 0 atom stereocenters. The quantitative estimate of drug-likeness (QED) is 0.174. The van der Waals surface area contributed by atoms with Crippen molar-refractivity contribution in [3.8, 4) is 0 Å². The highest BCUT2D eigenvalue weighted by Crippen LogP contribution is 2.10. The fourth-order valence-corrected chi connectivity index (χ4v) is 2.66. The Bertz CT molecular complexity index is 294. The average Bonchev–Trinajstić information content (AvgIpc) is 2.56. The van der Waals surface area contributed by atoms with Crippen LogP contribution >= 0.6 is 0 Å². The maximum Gasteiger partial charge on any atom is 0.333 e. The molecule has 0 saturated carbocycles. The lowest BCUT2D eigenvalue weighted by atomic mass is 10.1. The van der Waals surface area contributed by atoms with E-state index < -0.39 is 0 Å². The van der Waals surface area contributed by atoms with Crippen LogP contribution in [0.4, 0.5) is 0 Å². The van der Waals surface area contributed by atoms with Crippen LogP contribution in [0, 0.1) is 0 Å². The van der Waals surface area contributed by atoms with E-state index in [0.717, 1.165) is 18.4 Å². The molecule has 0 rings (SSSR count). The van der Waals surface area contributed by atoms with Crippen molar-refractivity contribution in [2.24, 2.45) is 0 Å². The molecule has 0 aliphatic rings. The van der Waals surface area contributed by atoms with Crippen molar-refractivity contribution in [1.29, 1.82) is 0 Å². The second-order valence-electron chi connectivity index (χ2n) is 6.70. The summed E-state index contributed by atoms with van der Waals surface area (Å²) in [6.45, 7) is 6.94. The maximum atomic E-state index is 11.8. The molecule has 0 heterocycles. The summed E-state index contributed by atoms with van der Waals surface area (Å²) < 4.78 is 5.33. The Labute approximate surface area is 145 Å². The molecule has 2 heteroatoms. The van der Waals surface area contributed by atoms with Crippen molar-refractivity contribution in [3.05, 3.63) is 11.6 Å². The zero-order chi connectivity index (χ0) is 17.2. The molecule has 0 N–H and O–H groups in total. The van der Waals surface area contributed by atoms with E-state index in [1.54, 1.807) is 0 Å². The highest BCUT2D eigenvalue weighted by molar-refractivity contribution is 5.87. The molecule has 2 nitrogen and oxygen atoms in total. The number of unbranched alkanes of at least 4 members (excludes halogenated alkanes) is 12. The maximum absolute atomic E-state index is 11.8. The molecule has 136 valence electrons. The van der Waals surface area contributed by atoms with Gasteiger partial charge >= 0.3 is 5.97 Å². The predicted octanol–water partition coefficient (Wildman–Crippen LogP) is 6.98. The average molecular weight is 325 g/mol. The van der Waals surface area contributed by atoms with Gasteiger partial charge in [-0.15, -0.1) is 0 Å². The number of carbonyl (C=O) groups excluding carboxylic acids is 1. The van der Waals surface area contributed by atoms with Gasteiger partial charge in [0.15, 0.2) is 0 Å². The smallest absolute Gasteiger partial charge is 0.333 e. The van der Waals surface area contributed by atoms with E-state index >= 15 is 0 Å². The van der Waals surface area contributed by atoms with Gasteiger partial charge in [-0.2, -0.15) is 0 Å². The Hall–Kier alpha value is -0.790. The van der Waals surface area contributed by atoms with Gasteiger partial charge in [-0.25, -0.2) is 4.79 Å². The lowest BCUT2D eigenvalue weighted by Gasteiger charge is -2.05. The molecule has 0 bridgehead atoms. The van der Waals surface area contributed by atoms with Crippen molar-refractivity contribution < 1.29 is 9.53 Å². The molecular formula is C21H40O2. The fourth-order valence-electron chi connectivity index (χ4n) is 2.66. The van der Waals surface area contributed by atoms with Gasteiger partial charge in [-0.05, 0) is 26.2 Å². The zero-order valence-corrected chi connectivity index (χ0v) is 16.0. The number of rotatable bonds is 16. The van der Waals surface area contributed by atoms with Crippen LogP contribution in [0.1, 0.15) is 111 Å². The second kappa shape index (κ2) is 17.6. The number of ether oxygens (including phenoxy) is 1. The van der Waals surface area contributed by atoms with E-state index in [1.807, 2.05) is 13.0 Å². The van der Waals surface area contributed by atoms with Crippen molar-refractivity contribution in [2.75, 3.05) is 6.61 Å². The van der Waals surface area contributed by atoms with Crippen molar-refractivity contribution >= 4 is 5.97 Å². The standard InChI is InChI=1S/C21H40O2/c1-4-6-8-10-12-14-16-18-20(3)21(22)23-19-17-15-13-11-9-7-5-2/h18H,4-17,19H2,1-3H3. The highest BCUT2D eigenvalue weighted by atomic mass is 16.5. The van der Waals surface area contributed by atoms with Gasteiger partial charge in [-0.3, -0.25) is 0 Å². The molecular weight excluding hydrogens is 284 g/mol. The third kappa shape index (κ3) is 15.9. The van der Waals surface area contributed by atoms with Crippen molar-refractivity contribution in [2.45, 2.75) is 111 Å². The molecule has 0 fully saturated rings. The summed E-state index contributed by atoms with van der Waals surface area (Å²) in [4.78, 5) is 11.8. The normalized spacial score (nSPS) is 11.7. The minimum atomic E-state index is -0.123. The lowest BCUT2D eigenvalue weighted by Crippen LogP contribution is -2.07. The summed E-state index contributed by atoms with van der Waals surface area (Å²) >= 11 is 0. The van der Waals surface area contributed by atoms with Crippen LogP contribution in [-0.4, -0.2) is 12.6 Å². The first-order valence-electron chi connectivity index (χ1n) is 10.1. The topological polar surface area (TPSA) is 26.3 Å². The van der Waals surface area contributed by atoms with Crippen LogP contribution < -0.4 is 0 Å². The van der Waals surface area contributed by atoms with Gasteiger partial charge < -0.3 is 4.74 Å². The molecule has 0 saturated heterocycles. The van der Waals surface area contributed by atoms with Crippen LogP contribution in [0.5, 0.6) is 0 Å². The van der Waals surface area contributed by atoms with Crippen LogP contribution in [0.2, 0.25) is 0 Å². The van der Waals surface area contributed by atoms with Gasteiger partial charge in [0, 0.05) is 5.57 Å². The SMILES string of the molecule is CCCCCCCCC=C(C)C(=O)OCCCCCCCCC. The Morgan fingerprint density at radius 3 is 1.78 bits per heavy atom. The number of allylic oxidation sites excluding steroid dienone is 1. The third-order valence-electron chi connectivity index (χ3n) is 4.31. The Kier molecular flexibility index (Phi) is 17.0. The first-order chi connectivity index (χ1) is 11.2. The van der Waals surface area contributed by atoms with E-state index in [0.29, 0.717) is 6.61 Å². The monoisotopic (exact) mass is 324 g/mol. The van der Waals surface area contributed by atoms with E-state index in [2.05, 4.69) is 13.8 Å². The van der Waals surface area contributed by atoms with Crippen molar-refractivity contribution in [3.63, 3.8) is 0 Å². The number of carbonyl (C=O) groups is 1. The molecule has 0 aliphatic heterocycles. The van der Waals surface area contributed by atoms with Crippen LogP contribution in [-0.2, 0) is 9.53 Å². The summed E-state index contributed by atoms with van der Waals surface area (Å²) in [5, 5.41) is 0. The molecule has 0 spiro atoms. The minimum Gasteiger partial charge on any atom is -0.462 e. The van der Waals surface area contributed by atoms with Crippen LogP contribution in [0.3, 0.4) is 0 Å². The molecule has 0 radical (unpaired) electrons. The number of hydrogen-bond acceptors (Lipinski definition) is 2. The number of hydrogen-bond donors (Lipinski definition) is 0. The first-order valence-corrected chi connectivity index (χ1v) is 10.1. The molecule has 0 unspecified atom stereocenters.